The first-order valence-electron chi connectivity index (χ1n) is 9.35. The molecule has 0 aromatic carbocycles. The third kappa shape index (κ3) is 20.2. The largest absolute Gasteiger partial charge is 0.478 e. The zero-order valence-corrected chi connectivity index (χ0v) is 18.5. The van der Waals surface area contributed by atoms with Gasteiger partial charge in [0.25, 0.3) is 0 Å². The zero-order chi connectivity index (χ0) is 24.9. The number of rotatable bonds is 10. The molecule has 0 spiro atoms. The van der Waals surface area contributed by atoms with Crippen LogP contribution in [0.1, 0.15) is 53.4 Å². The number of carbonyl (C=O) groups is 3. The van der Waals surface area contributed by atoms with Gasteiger partial charge in [0.2, 0.25) is 0 Å². The standard InChI is InChI=1S/C6H14O3.3C5H8O2/c1-2-6(3-7,4-8)5-9;3*1-3-4(2)5(6)7/h7-9H,2-5H2,1H3;3*2-3H2,1H3,(H,6,7). The number of carboxylic acids is 3. The van der Waals surface area contributed by atoms with E-state index in [9.17, 15) is 14.4 Å². The van der Waals surface area contributed by atoms with Crippen LogP contribution in [0.4, 0.5) is 0 Å². The molecular formula is C21H38O9. The smallest absolute Gasteiger partial charge is 0.330 e. The second kappa shape index (κ2) is 21.2. The minimum absolute atomic E-state index is 0.156. The van der Waals surface area contributed by atoms with E-state index in [2.05, 4.69) is 19.7 Å². The molecule has 0 aliphatic heterocycles. The molecule has 0 aliphatic rings. The summed E-state index contributed by atoms with van der Waals surface area (Å²) in [5.41, 5.74) is 0.125. The van der Waals surface area contributed by atoms with Crippen LogP contribution in [0.15, 0.2) is 36.5 Å². The van der Waals surface area contributed by atoms with Crippen molar-refractivity contribution < 1.29 is 45.0 Å². The van der Waals surface area contributed by atoms with E-state index in [1.54, 1.807) is 20.8 Å². The molecule has 0 unspecified atom stereocenters. The van der Waals surface area contributed by atoms with Crippen LogP contribution in [0.5, 0.6) is 0 Å². The SMILES string of the molecule is C=C(CC)C(=O)O.C=C(CC)C(=O)O.C=C(CC)C(=O)O.CCC(CO)(CO)CO. The molecule has 30 heavy (non-hydrogen) atoms. The molecule has 0 aromatic heterocycles. The maximum absolute atomic E-state index is 9.83. The Morgan fingerprint density at radius 3 is 0.800 bits per heavy atom. The summed E-state index contributed by atoms with van der Waals surface area (Å²) in [7, 11) is 0. The van der Waals surface area contributed by atoms with E-state index >= 15 is 0 Å². The van der Waals surface area contributed by atoms with Crippen LogP contribution in [-0.4, -0.2) is 68.4 Å². The van der Waals surface area contributed by atoms with Crippen LogP contribution >= 0.6 is 0 Å². The average Bonchev–Trinajstić information content (AvgIpc) is 2.74. The lowest BCUT2D eigenvalue weighted by atomic mass is 9.88. The van der Waals surface area contributed by atoms with Gasteiger partial charge in [-0.1, -0.05) is 47.4 Å². The number of aliphatic carboxylic acids is 3. The van der Waals surface area contributed by atoms with Crippen LogP contribution in [0, 0.1) is 5.41 Å². The Morgan fingerprint density at radius 2 is 0.800 bits per heavy atom. The fourth-order valence-corrected chi connectivity index (χ4v) is 0.939. The lowest BCUT2D eigenvalue weighted by Crippen LogP contribution is -2.32. The summed E-state index contributed by atoms with van der Waals surface area (Å²) in [5.74, 6) is -2.70. The van der Waals surface area contributed by atoms with Crippen molar-refractivity contribution in [2.45, 2.75) is 53.4 Å². The van der Waals surface area contributed by atoms with Crippen LogP contribution in [-0.2, 0) is 14.4 Å². The highest BCUT2D eigenvalue weighted by Crippen LogP contribution is 2.18. The van der Waals surface area contributed by atoms with Gasteiger partial charge in [0, 0.05) is 22.1 Å². The summed E-state index contributed by atoms with van der Waals surface area (Å²) >= 11 is 0. The van der Waals surface area contributed by atoms with E-state index < -0.39 is 23.3 Å². The molecule has 176 valence electrons. The molecule has 0 rings (SSSR count). The van der Waals surface area contributed by atoms with Gasteiger partial charge in [-0.2, -0.15) is 0 Å². The van der Waals surface area contributed by atoms with Gasteiger partial charge < -0.3 is 30.6 Å². The van der Waals surface area contributed by atoms with Crippen molar-refractivity contribution in [1.29, 1.82) is 0 Å². The molecule has 9 heteroatoms. The highest BCUT2D eigenvalue weighted by molar-refractivity contribution is 5.86. The number of carboxylic acid groups (broad SMARTS) is 3. The lowest BCUT2D eigenvalue weighted by Gasteiger charge is -2.24. The van der Waals surface area contributed by atoms with Crippen molar-refractivity contribution in [1.82, 2.24) is 0 Å². The highest BCUT2D eigenvalue weighted by atomic mass is 16.4. The Labute approximate surface area is 178 Å². The molecule has 0 radical (unpaired) electrons. The predicted octanol–water partition coefficient (Wildman–Crippen LogP) is 2.47. The molecule has 0 amide bonds. The third-order valence-electron chi connectivity index (χ3n) is 3.94. The van der Waals surface area contributed by atoms with E-state index in [4.69, 9.17) is 30.6 Å². The second-order valence-electron chi connectivity index (χ2n) is 6.11. The van der Waals surface area contributed by atoms with Crippen molar-refractivity contribution >= 4 is 17.9 Å². The van der Waals surface area contributed by atoms with Gasteiger partial charge in [0.05, 0.1) is 19.8 Å². The Balaban J connectivity index is -0.000000151. The summed E-state index contributed by atoms with van der Waals surface area (Å²) in [4.78, 5) is 29.5. The molecule has 9 nitrogen and oxygen atoms in total. The fraction of sp³-hybridized carbons (Fsp3) is 0.571. The molecular weight excluding hydrogens is 396 g/mol. The van der Waals surface area contributed by atoms with Crippen LogP contribution in [0.25, 0.3) is 0 Å². The molecule has 0 atom stereocenters. The maximum Gasteiger partial charge on any atom is 0.330 e. The molecule has 0 saturated carbocycles. The van der Waals surface area contributed by atoms with E-state index in [0.29, 0.717) is 25.7 Å². The predicted molar refractivity (Wildman–Crippen MR) is 115 cm³/mol. The quantitative estimate of drug-likeness (QED) is 0.282. The number of hydrogen-bond acceptors (Lipinski definition) is 6. The van der Waals surface area contributed by atoms with Gasteiger partial charge in [-0.3, -0.25) is 0 Å². The highest BCUT2D eigenvalue weighted by Gasteiger charge is 2.24. The van der Waals surface area contributed by atoms with Gasteiger partial charge in [0.1, 0.15) is 0 Å². The molecule has 0 aromatic rings. The zero-order valence-electron chi connectivity index (χ0n) is 18.5. The van der Waals surface area contributed by atoms with Crippen molar-refractivity contribution in [3.05, 3.63) is 36.5 Å². The van der Waals surface area contributed by atoms with Crippen molar-refractivity contribution in [2.75, 3.05) is 19.8 Å². The van der Waals surface area contributed by atoms with Gasteiger partial charge in [0.15, 0.2) is 0 Å². The van der Waals surface area contributed by atoms with Crippen LogP contribution in [0.2, 0.25) is 0 Å². The Morgan fingerprint density at radius 1 is 0.600 bits per heavy atom. The van der Waals surface area contributed by atoms with Gasteiger partial charge in [-0.05, 0) is 25.7 Å². The molecule has 0 fully saturated rings. The summed E-state index contributed by atoms with van der Waals surface area (Å²) in [6.07, 6.45) is 2.16. The van der Waals surface area contributed by atoms with Gasteiger partial charge in [-0.15, -0.1) is 0 Å². The van der Waals surface area contributed by atoms with Crippen molar-refractivity contribution in [3.8, 4) is 0 Å². The van der Waals surface area contributed by atoms with E-state index in [0.717, 1.165) is 0 Å². The minimum Gasteiger partial charge on any atom is -0.478 e. The third-order valence-corrected chi connectivity index (χ3v) is 3.94. The second-order valence-corrected chi connectivity index (χ2v) is 6.11. The van der Waals surface area contributed by atoms with Crippen molar-refractivity contribution in [3.63, 3.8) is 0 Å². The number of aliphatic hydroxyl groups is 3. The maximum atomic E-state index is 9.83. The Hall–Kier alpha value is -2.49. The van der Waals surface area contributed by atoms with E-state index in [1.165, 1.54) is 0 Å². The number of hydrogen-bond donors (Lipinski definition) is 6. The first-order valence-corrected chi connectivity index (χ1v) is 9.35. The molecule has 0 bridgehead atoms. The summed E-state index contributed by atoms with van der Waals surface area (Å²) in [6, 6.07) is 0. The summed E-state index contributed by atoms with van der Waals surface area (Å²) < 4.78 is 0. The van der Waals surface area contributed by atoms with Crippen LogP contribution < -0.4 is 0 Å². The summed E-state index contributed by atoms with van der Waals surface area (Å²) in [6.45, 7) is 16.5. The Kier molecular flexibility index (Phi) is 24.7. The van der Waals surface area contributed by atoms with E-state index in [-0.39, 0.29) is 36.5 Å². The topological polar surface area (TPSA) is 173 Å². The fourth-order valence-electron chi connectivity index (χ4n) is 0.939. The Bertz CT molecular complexity index is 467. The molecule has 0 heterocycles. The van der Waals surface area contributed by atoms with E-state index in [1.807, 2.05) is 6.92 Å². The first kappa shape index (κ1) is 35.0. The van der Waals surface area contributed by atoms with Crippen molar-refractivity contribution in [2.24, 2.45) is 5.41 Å². The van der Waals surface area contributed by atoms with Crippen LogP contribution in [0.3, 0.4) is 0 Å². The average molecular weight is 435 g/mol. The molecule has 0 saturated heterocycles. The lowest BCUT2D eigenvalue weighted by molar-refractivity contribution is -0.133. The minimum atomic E-state index is -0.900. The normalized spacial score (nSPS) is 9.30. The number of aliphatic hydroxyl groups excluding tert-OH is 3. The summed E-state index contributed by atoms with van der Waals surface area (Å²) in [5, 5.41) is 50.2. The molecule has 0 aliphatic carbocycles. The van der Waals surface area contributed by atoms with Gasteiger partial charge >= 0.3 is 17.9 Å². The first-order chi connectivity index (χ1) is 13.8. The molecule has 6 N–H and O–H groups in total. The monoisotopic (exact) mass is 434 g/mol. The van der Waals surface area contributed by atoms with Gasteiger partial charge in [-0.25, -0.2) is 14.4 Å².